The molecule has 0 aliphatic rings. The molecule has 4 aromatic heterocycles. The Morgan fingerprint density at radius 1 is 0.310 bits per heavy atom. The van der Waals surface area contributed by atoms with E-state index in [2.05, 4.69) is 121 Å². The predicted molar refractivity (Wildman–Crippen MR) is 237 cm³/mol. The lowest BCUT2D eigenvalue weighted by Gasteiger charge is -2.13. The fourth-order valence-corrected chi connectivity index (χ4v) is 8.57. The van der Waals surface area contributed by atoms with Crippen LogP contribution in [0.5, 0.6) is 0 Å². The van der Waals surface area contributed by atoms with Gasteiger partial charge < -0.3 is 8.83 Å². The topological polar surface area (TPSA) is 65.0 Å². The zero-order chi connectivity index (χ0) is 38.2. The zero-order valence-electron chi connectivity index (χ0n) is 31.1. The summed E-state index contributed by atoms with van der Waals surface area (Å²) >= 11 is 0. The molecule has 0 saturated carbocycles. The van der Waals surface area contributed by atoms with E-state index in [1.54, 1.807) is 0 Å². The van der Waals surface area contributed by atoms with Gasteiger partial charge in [0.25, 0.3) is 0 Å². The van der Waals surface area contributed by atoms with Crippen molar-refractivity contribution in [3.63, 3.8) is 0 Å². The number of para-hydroxylation sites is 2. The number of hydrogen-bond donors (Lipinski definition) is 0. The van der Waals surface area contributed by atoms with Gasteiger partial charge in [0.1, 0.15) is 22.3 Å². The molecule has 270 valence electrons. The number of furan rings is 2. The molecule has 0 aliphatic heterocycles. The van der Waals surface area contributed by atoms with Crippen LogP contribution in [0.2, 0.25) is 0 Å². The summed E-state index contributed by atoms with van der Waals surface area (Å²) in [4.78, 5) is 15.7. The number of hydrogen-bond acceptors (Lipinski definition) is 5. The molecule has 0 bridgehead atoms. The van der Waals surface area contributed by atoms with Crippen LogP contribution in [0.25, 0.3) is 122 Å². The molecule has 0 atom stereocenters. The van der Waals surface area contributed by atoms with Crippen LogP contribution in [0.1, 0.15) is 0 Å². The molecule has 0 fully saturated rings. The second-order valence-electron chi connectivity index (χ2n) is 14.7. The van der Waals surface area contributed by atoms with Crippen molar-refractivity contribution in [1.82, 2.24) is 15.0 Å². The largest absolute Gasteiger partial charge is 0.456 e. The molecular formula is C53H31N3O2. The van der Waals surface area contributed by atoms with Gasteiger partial charge in [-0.05, 0) is 53.6 Å². The van der Waals surface area contributed by atoms with Gasteiger partial charge in [0, 0.05) is 60.0 Å². The second-order valence-corrected chi connectivity index (χ2v) is 14.7. The third-order valence-electron chi connectivity index (χ3n) is 11.3. The highest BCUT2D eigenvalue weighted by molar-refractivity contribution is 6.28. The Morgan fingerprint density at radius 2 is 0.862 bits per heavy atom. The maximum atomic E-state index is 6.36. The van der Waals surface area contributed by atoms with Gasteiger partial charge in [-0.3, -0.25) is 0 Å². The van der Waals surface area contributed by atoms with Crippen molar-refractivity contribution in [1.29, 1.82) is 0 Å². The van der Waals surface area contributed by atoms with Crippen molar-refractivity contribution >= 4 is 65.6 Å². The van der Waals surface area contributed by atoms with E-state index >= 15 is 0 Å². The number of rotatable bonds is 5. The van der Waals surface area contributed by atoms with Crippen LogP contribution in [-0.4, -0.2) is 15.0 Å². The molecule has 0 radical (unpaired) electrons. The maximum absolute atomic E-state index is 6.36. The van der Waals surface area contributed by atoms with Crippen molar-refractivity contribution in [3.8, 4) is 56.3 Å². The first-order valence-electron chi connectivity index (χ1n) is 19.4. The molecule has 0 aliphatic carbocycles. The Hall–Kier alpha value is -7.89. The molecule has 0 spiro atoms. The molecular weight excluding hydrogens is 711 g/mol. The summed E-state index contributed by atoms with van der Waals surface area (Å²) in [6.07, 6.45) is 0. The molecule has 12 rings (SSSR count). The normalized spacial score (nSPS) is 11.8. The fourth-order valence-electron chi connectivity index (χ4n) is 8.57. The Kier molecular flexibility index (Phi) is 7.16. The van der Waals surface area contributed by atoms with Crippen LogP contribution in [0.3, 0.4) is 0 Å². The molecule has 5 heteroatoms. The monoisotopic (exact) mass is 741 g/mol. The quantitative estimate of drug-likeness (QED) is 0.164. The van der Waals surface area contributed by atoms with Crippen LogP contribution >= 0.6 is 0 Å². The number of pyridine rings is 1. The lowest BCUT2D eigenvalue weighted by molar-refractivity contribution is 0.668. The van der Waals surface area contributed by atoms with Gasteiger partial charge in [-0.2, -0.15) is 0 Å². The zero-order valence-corrected chi connectivity index (χ0v) is 31.1. The number of benzene rings is 8. The fraction of sp³-hybridized carbons (Fsp3) is 0. The van der Waals surface area contributed by atoms with Crippen molar-refractivity contribution in [3.05, 3.63) is 188 Å². The van der Waals surface area contributed by atoms with Gasteiger partial charge in [-0.15, -0.1) is 0 Å². The van der Waals surface area contributed by atoms with Crippen LogP contribution in [0.4, 0.5) is 0 Å². The third-order valence-corrected chi connectivity index (χ3v) is 11.3. The van der Waals surface area contributed by atoms with E-state index in [0.29, 0.717) is 5.82 Å². The minimum absolute atomic E-state index is 0.652. The van der Waals surface area contributed by atoms with E-state index in [1.807, 2.05) is 66.7 Å². The molecule has 0 N–H and O–H groups in total. The molecule has 8 aromatic carbocycles. The van der Waals surface area contributed by atoms with Crippen molar-refractivity contribution in [2.24, 2.45) is 0 Å². The highest BCUT2D eigenvalue weighted by Gasteiger charge is 2.19. The number of fused-ring (bicyclic) bond motifs is 10. The first-order valence-corrected chi connectivity index (χ1v) is 19.4. The second kappa shape index (κ2) is 12.8. The van der Waals surface area contributed by atoms with E-state index in [0.717, 1.165) is 116 Å². The summed E-state index contributed by atoms with van der Waals surface area (Å²) in [7, 11) is 0. The highest BCUT2D eigenvalue weighted by Crippen LogP contribution is 2.42. The maximum Gasteiger partial charge on any atom is 0.161 e. The minimum Gasteiger partial charge on any atom is -0.456 e. The van der Waals surface area contributed by atoms with Gasteiger partial charge in [0.15, 0.2) is 5.82 Å². The molecule has 5 nitrogen and oxygen atoms in total. The van der Waals surface area contributed by atoms with Crippen molar-refractivity contribution in [2.75, 3.05) is 0 Å². The standard InChI is InChI=1S/C53H31N3O2/c1-3-12-33(13-4-1)42-31-43(56-53(55-42)41-18-11-21-47-49(41)38-16-7-9-19-45(38)57-47)34-24-22-32(23-25-34)36-26-27-37-44(30-36)54-52(35-14-5-2-6-15-35)40-28-29-48-51(50(37)40)39-17-8-10-20-46(39)58-48/h1-31H. The van der Waals surface area contributed by atoms with E-state index in [4.69, 9.17) is 23.8 Å². The summed E-state index contributed by atoms with van der Waals surface area (Å²) in [5, 5.41) is 7.63. The smallest absolute Gasteiger partial charge is 0.161 e. The van der Waals surface area contributed by atoms with E-state index < -0.39 is 0 Å². The number of nitrogens with zero attached hydrogens (tertiary/aromatic N) is 3. The average Bonchev–Trinajstić information content (AvgIpc) is 3.88. The van der Waals surface area contributed by atoms with Gasteiger partial charge in [-0.1, -0.05) is 146 Å². The minimum atomic E-state index is 0.652. The molecule has 12 aromatic rings. The first kappa shape index (κ1) is 32.4. The Morgan fingerprint density at radius 3 is 1.59 bits per heavy atom. The van der Waals surface area contributed by atoms with E-state index in [-0.39, 0.29) is 0 Å². The van der Waals surface area contributed by atoms with E-state index in [1.165, 1.54) is 0 Å². The third kappa shape index (κ3) is 5.14. The van der Waals surface area contributed by atoms with E-state index in [9.17, 15) is 0 Å². The molecule has 0 saturated heterocycles. The molecule has 58 heavy (non-hydrogen) atoms. The average molecular weight is 742 g/mol. The summed E-state index contributed by atoms with van der Waals surface area (Å²) < 4.78 is 12.6. The van der Waals surface area contributed by atoms with Gasteiger partial charge in [-0.25, -0.2) is 15.0 Å². The summed E-state index contributed by atoms with van der Waals surface area (Å²) in [5.41, 5.74) is 13.2. The highest BCUT2D eigenvalue weighted by atomic mass is 16.3. The van der Waals surface area contributed by atoms with Gasteiger partial charge >= 0.3 is 0 Å². The van der Waals surface area contributed by atoms with Crippen molar-refractivity contribution in [2.45, 2.75) is 0 Å². The summed E-state index contributed by atoms with van der Waals surface area (Å²) in [5.74, 6) is 0.652. The predicted octanol–water partition coefficient (Wildman–Crippen LogP) is 14.3. The molecule has 4 heterocycles. The van der Waals surface area contributed by atoms with Crippen molar-refractivity contribution < 1.29 is 8.83 Å². The van der Waals surface area contributed by atoms with Crippen LogP contribution in [0, 0.1) is 0 Å². The van der Waals surface area contributed by atoms with Crippen LogP contribution in [-0.2, 0) is 0 Å². The van der Waals surface area contributed by atoms with Crippen LogP contribution < -0.4 is 0 Å². The summed E-state index contributed by atoms with van der Waals surface area (Å²) in [6, 6.07) is 64.9. The Bertz CT molecular complexity index is 3550. The Labute approximate surface area is 332 Å². The lowest BCUT2D eigenvalue weighted by Crippen LogP contribution is -1.96. The summed E-state index contributed by atoms with van der Waals surface area (Å²) in [6.45, 7) is 0. The number of aromatic nitrogens is 3. The first-order chi connectivity index (χ1) is 28.7. The van der Waals surface area contributed by atoms with Crippen LogP contribution in [0.15, 0.2) is 197 Å². The Balaban J connectivity index is 1.00. The molecule has 0 amide bonds. The van der Waals surface area contributed by atoms with Gasteiger partial charge in [0.05, 0.1) is 22.6 Å². The molecule has 0 unspecified atom stereocenters. The SMILES string of the molecule is c1ccc(-c2cc(-c3ccc(-c4ccc5c(c4)nc(-c4ccccc4)c4ccc6oc7ccccc7c6c45)cc3)nc(-c3cccc4oc5ccccc5c34)n2)cc1. The van der Waals surface area contributed by atoms with Gasteiger partial charge in [0.2, 0.25) is 0 Å². The lowest BCUT2D eigenvalue weighted by atomic mass is 9.94.